The van der Waals surface area contributed by atoms with Crippen molar-refractivity contribution in [2.75, 3.05) is 13.1 Å². The van der Waals surface area contributed by atoms with Crippen molar-refractivity contribution in [3.8, 4) is 0 Å². The Morgan fingerprint density at radius 2 is 2.29 bits per heavy atom. The molecule has 1 saturated heterocycles. The van der Waals surface area contributed by atoms with E-state index in [0.29, 0.717) is 18.7 Å². The monoisotopic (exact) mass is 328 g/mol. The zero-order valence-corrected chi connectivity index (χ0v) is 14.3. The number of hydrogen-bond acceptors (Lipinski definition) is 3. The minimum atomic E-state index is -0.168. The Kier molecular flexibility index (Phi) is 4.83. The second kappa shape index (κ2) is 7.03. The van der Waals surface area contributed by atoms with Gasteiger partial charge in [-0.15, -0.1) is 0 Å². The first kappa shape index (κ1) is 16.5. The van der Waals surface area contributed by atoms with Gasteiger partial charge in [-0.2, -0.15) is 0 Å². The number of imidazole rings is 1. The van der Waals surface area contributed by atoms with E-state index in [0.717, 1.165) is 37.0 Å². The van der Waals surface area contributed by atoms with Crippen molar-refractivity contribution in [2.45, 2.75) is 45.6 Å². The lowest BCUT2D eigenvalue weighted by molar-refractivity contribution is -0.129. The third-order valence-corrected chi connectivity index (χ3v) is 4.63. The number of likely N-dealkylation sites (tertiary alicyclic amines) is 1. The highest BCUT2D eigenvalue weighted by Crippen LogP contribution is 2.17. The number of pyridine rings is 1. The van der Waals surface area contributed by atoms with Crippen molar-refractivity contribution in [1.82, 2.24) is 19.6 Å². The van der Waals surface area contributed by atoms with Gasteiger partial charge in [0.1, 0.15) is 11.3 Å². The number of nitrogens with zero attached hydrogens (tertiary/aromatic N) is 3. The van der Waals surface area contributed by atoms with E-state index in [4.69, 9.17) is 0 Å². The molecule has 6 heteroatoms. The van der Waals surface area contributed by atoms with E-state index in [-0.39, 0.29) is 17.9 Å². The van der Waals surface area contributed by atoms with Gasteiger partial charge < -0.3 is 14.6 Å². The Morgan fingerprint density at radius 3 is 3.00 bits per heavy atom. The van der Waals surface area contributed by atoms with Crippen LogP contribution in [-0.2, 0) is 4.79 Å². The molecule has 1 aliphatic heterocycles. The van der Waals surface area contributed by atoms with Crippen LogP contribution < -0.4 is 5.32 Å². The molecule has 0 unspecified atom stereocenters. The predicted octanol–water partition coefficient (Wildman–Crippen LogP) is 2.16. The van der Waals surface area contributed by atoms with Gasteiger partial charge in [-0.25, -0.2) is 4.98 Å². The summed E-state index contributed by atoms with van der Waals surface area (Å²) in [5.41, 5.74) is 2.31. The number of nitrogens with one attached hydrogen (secondary N) is 1. The molecule has 0 saturated carbocycles. The minimum absolute atomic E-state index is 0.168. The van der Waals surface area contributed by atoms with E-state index in [2.05, 4.69) is 17.2 Å². The van der Waals surface area contributed by atoms with Crippen LogP contribution in [0.4, 0.5) is 0 Å². The van der Waals surface area contributed by atoms with Crippen LogP contribution in [0.25, 0.3) is 5.65 Å². The Balaban J connectivity index is 1.57. The van der Waals surface area contributed by atoms with E-state index >= 15 is 0 Å². The number of amides is 2. The number of rotatable bonds is 6. The van der Waals surface area contributed by atoms with Gasteiger partial charge in [0.2, 0.25) is 5.91 Å². The zero-order valence-electron chi connectivity index (χ0n) is 14.3. The second-order valence-corrected chi connectivity index (χ2v) is 6.39. The van der Waals surface area contributed by atoms with Gasteiger partial charge in [-0.1, -0.05) is 6.92 Å². The normalized spacial score (nSPS) is 15.9. The highest BCUT2D eigenvalue weighted by atomic mass is 16.2. The van der Waals surface area contributed by atoms with Gasteiger partial charge in [0.25, 0.3) is 5.91 Å². The maximum atomic E-state index is 12.3. The third kappa shape index (κ3) is 3.42. The summed E-state index contributed by atoms with van der Waals surface area (Å²) in [6.45, 7) is 5.48. The molecule has 2 aromatic heterocycles. The molecule has 0 radical (unpaired) electrons. The molecule has 3 heterocycles. The molecule has 1 fully saturated rings. The Bertz CT molecular complexity index is 753. The fraction of sp³-hybridized carbons (Fsp3) is 0.500. The van der Waals surface area contributed by atoms with Crippen molar-refractivity contribution in [3.05, 3.63) is 35.8 Å². The Labute approximate surface area is 141 Å². The number of carbonyl (C=O) groups excluding carboxylic acids is 2. The summed E-state index contributed by atoms with van der Waals surface area (Å²) in [6, 6.07) is 4.14. The average Bonchev–Trinajstić information content (AvgIpc) is 3.17. The van der Waals surface area contributed by atoms with E-state index in [9.17, 15) is 9.59 Å². The molecule has 128 valence electrons. The van der Waals surface area contributed by atoms with Crippen LogP contribution >= 0.6 is 0 Å². The number of fused-ring (bicyclic) bond motifs is 1. The smallest absolute Gasteiger partial charge is 0.271 e. The van der Waals surface area contributed by atoms with Crippen LogP contribution in [0.2, 0.25) is 0 Å². The van der Waals surface area contributed by atoms with Gasteiger partial charge in [-0.3, -0.25) is 9.59 Å². The number of aromatic nitrogens is 2. The second-order valence-electron chi connectivity index (χ2n) is 6.39. The molecule has 24 heavy (non-hydrogen) atoms. The van der Waals surface area contributed by atoms with Crippen molar-refractivity contribution in [3.63, 3.8) is 0 Å². The maximum Gasteiger partial charge on any atom is 0.271 e. The molecule has 3 rings (SSSR count). The van der Waals surface area contributed by atoms with Crippen molar-refractivity contribution < 1.29 is 9.59 Å². The molecule has 6 nitrogen and oxygen atoms in total. The van der Waals surface area contributed by atoms with E-state index in [1.54, 1.807) is 6.20 Å². The van der Waals surface area contributed by atoms with Gasteiger partial charge >= 0.3 is 0 Å². The molecule has 1 N–H and O–H groups in total. The molecule has 1 atom stereocenters. The zero-order chi connectivity index (χ0) is 17.1. The first-order valence-corrected chi connectivity index (χ1v) is 8.61. The van der Waals surface area contributed by atoms with Gasteiger partial charge in [-0.05, 0) is 43.9 Å². The van der Waals surface area contributed by atoms with Crippen LogP contribution in [0.1, 0.15) is 48.7 Å². The van der Waals surface area contributed by atoms with Crippen molar-refractivity contribution in [2.24, 2.45) is 0 Å². The molecule has 0 spiro atoms. The molecule has 2 aromatic rings. The first-order valence-electron chi connectivity index (χ1n) is 8.61. The Hall–Kier alpha value is -2.37. The van der Waals surface area contributed by atoms with Crippen LogP contribution in [0.15, 0.2) is 24.5 Å². The quantitative estimate of drug-likeness (QED) is 0.884. The maximum absolute atomic E-state index is 12.3. The summed E-state index contributed by atoms with van der Waals surface area (Å²) in [5.74, 6) is 0.0721. The number of carbonyl (C=O) groups is 2. The summed E-state index contributed by atoms with van der Waals surface area (Å²) in [7, 11) is 0. The summed E-state index contributed by atoms with van der Waals surface area (Å²) in [5, 5.41) is 2.92. The fourth-order valence-corrected chi connectivity index (χ4v) is 3.27. The Morgan fingerprint density at radius 1 is 1.46 bits per heavy atom. The molecular formula is C18H24N4O2. The molecule has 2 amide bonds. The summed E-state index contributed by atoms with van der Waals surface area (Å²) in [4.78, 5) is 30.5. The van der Waals surface area contributed by atoms with Gasteiger partial charge in [0.05, 0.1) is 0 Å². The summed E-state index contributed by atoms with van der Waals surface area (Å²) < 4.78 is 1.85. The van der Waals surface area contributed by atoms with E-state index in [1.165, 1.54) is 0 Å². The van der Waals surface area contributed by atoms with Crippen LogP contribution in [-0.4, -0.2) is 45.2 Å². The third-order valence-electron chi connectivity index (χ3n) is 4.63. The lowest BCUT2D eigenvalue weighted by Gasteiger charge is -2.26. The first-order chi connectivity index (χ1) is 11.6. The van der Waals surface area contributed by atoms with Crippen LogP contribution in [0.5, 0.6) is 0 Å². The lowest BCUT2D eigenvalue weighted by atomic mass is 10.1. The van der Waals surface area contributed by atoms with Crippen LogP contribution in [0, 0.1) is 6.92 Å². The van der Waals surface area contributed by atoms with Crippen molar-refractivity contribution >= 4 is 17.5 Å². The number of hydrogen-bond donors (Lipinski definition) is 1. The molecule has 1 aliphatic rings. The van der Waals surface area contributed by atoms with Crippen molar-refractivity contribution in [1.29, 1.82) is 0 Å². The predicted molar refractivity (Wildman–Crippen MR) is 91.9 cm³/mol. The van der Waals surface area contributed by atoms with Crippen LogP contribution in [0.3, 0.4) is 0 Å². The summed E-state index contributed by atoms with van der Waals surface area (Å²) >= 11 is 0. The molecule has 0 aliphatic carbocycles. The lowest BCUT2D eigenvalue weighted by Crippen LogP contribution is -2.38. The average molecular weight is 328 g/mol. The molecule has 0 bridgehead atoms. The largest absolute Gasteiger partial charge is 0.351 e. The SMILES string of the molecule is CC[C@@H](CCNC(=O)c1cn2ccc(C)cc2n1)N1CCCC1=O. The van der Waals surface area contributed by atoms with Gasteiger partial charge in [0, 0.05) is 37.9 Å². The fourth-order valence-electron chi connectivity index (χ4n) is 3.27. The molecular weight excluding hydrogens is 304 g/mol. The minimum Gasteiger partial charge on any atom is -0.351 e. The van der Waals surface area contributed by atoms with Gasteiger partial charge in [0.15, 0.2) is 0 Å². The topological polar surface area (TPSA) is 66.7 Å². The highest BCUT2D eigenvalue weighted by molar-refractivity contribution is 5.92. The van der Waals surface area contributed by atoms with E-state index in [1.807, 2.05) is 34.6 Å². The number of aryl methyl sites for hydroxylation is 1. The summed E-state index contributed by atoms with van der Waals surface area (Å²) in [6.07, 6.45) is 6.94. The standard InChI is InChI=1S/C18H24N4O2/c1-3-14(22-9-4-5-17(22)23)6-8-19-18(24)15-12-21-10-7-13(2)11-16(21)20-15/h7,10-12,14H,3-6,8-9H2,1-2H3,(H,19,24)/t14-/m0/s1. The molecule has 0 aromatic carbocycles. The highest BCUT2D eigenvalue weighted by Gasteiger charge is 2.26. The van der Waals surface area contributed by atoms with E-state index < -0.39 is 0 Å².